The Morgan fingerprint density at radius 3 is 2.13 bits per heavy atom. The SMILES string of the molecule is CC(C)OC(=O)N[C@H](CC(=O)O)C(=O)O. The molecular weight excluding hydrogens is 206 g/mol. The number of alkyl carbamates (subject to hydrolysis) is 1. The topological polar surface area (TPSA) is 113 Å². The number of carboxylic acid groups (broad SMARTS) is 2. The van der Waals surface area contributed by atoms with Gasteiger partial charge < -0.3 is 20.3 Å². The molecule has 0 bridgehead atoms. The summed E-state index contributed by atoms with van der Waals surface area (Å²) in [6, 6.07) is -1.48. The molecule has 0 fully saturated rings. The van der Waals surface area contributed by atoms with Crippen LogP contribution in [0.15, 0.2) is 0 Å². The number of carbonyl (C=O) groups is 3. The van der Waals surface area contributed by atoms with Gasteiger partial charge in [0.05, 0.1) is 12.5 Å². The van der Waals surface area contributed by atoms with Crippen LogP contribution in [-0.4, -0.2) is 40.4 Å². The molecule has 1 atom stereocenters. The number of hydrogen-bond acceptors (Lipinski definition) is 4. The van der Waals surface area contributed by atoms with Crippen LogP contribution in [0.25, 0.3) is 0 Å². The Balaban J connectivity index is 4.22. The van der Waals surface area contributed by atoms with E-state index < -0.39 is 36.6 Å². The van der Waals surface area contributed by atoms with Gasteiger partial charge in [-0.2, -0.15) is 0 Å². The van der Waals surface area contributed by atoms with Gasteiger partial charge in [-0.15, -0.1) is 0 Å². The molecule has 15 heavy (non-hydrogen) atoms. The average Bonchev–Trinajstić information content (AvgIpc) is 1.99. The second kappa shape index (κ2) is 5.84. The van der Waals surface area contributed by atoms with E-state index in [0.29, 0.717) is 0 Å². The molecule has 0 heterocycles. The van der Waals surface area contributed by atoms with Gasteiger partial charge in [-0.1, -0.05) is 0 Å². The molecule has 0 radical (unpaired) electrons. The van der Waals surface area contributed by atoms with Crippen LogP contribution in [-0.2, 0) is 14.3 Å². The van der Waals surface area contributed by atoms with Crippen molar-refractivity contribution >= 4 is 18.0 Å². The number of carboxylic acids is 2. The molecule has 7 heteroatoms. The van der Waals surface area contributed by atoms with E-state index in [0.717, 1.165) is 0 Å². The van der Waals surface area contributed by atoms with Crippen molar-refractivity contribution in [3.8, 4) is 0 Å². The zero-order valence-corrected chi connectivity index (χ0v) is 8.39. The van der Waals surface area contributed by atoms with E-state index >= 15 is 0 Å². The lowest BCUT2D eigenvalue weighted by molar-refractivity contribution is -0.145. The smallest absolute Gasteiger partial charge is 0.408 e. The van der Waals surface area contributed by atoms with Crippen molar-refractivity contribution in [1.29, 1.82) is 0 Å². The Bertz CT molecular complexity index is 262. The highest BCUT2D eigenvalue weighted by Crippen LogP contribution is 1.95. The summed E-state index contributed by atoms with van der Waals surface area (Å²) >= 11 is 0. The van der Waals surface area contributed by atoms with E-state index in [1.54, 1.807) is 13.8 Å². The van der Waals surface area contributed by atoms with Crippen LogP contribution in [0.2, 0.25) is 0 Å². The highest BCUT2D eigenvalue weighted by atomic mass is 16.6. The minimum absolute atomic E-state index is 0.399. The number of nitrogens with one attached hydrogen (secondary N) is 1. The van der Waals surface area contributed by atoms with Gasteiger partial charge in [0.25, 0.3) is 0 Å². The number of ether oxygens (including phenoxy) is 1. The van der Waals surface area contributed by atoms with Crippen LogP contribution in [0.4, 0.5) is 4.79 Å². The van der Waals surface area contributed by atoms with Gasteiger partial charge in [0.2, 0.25) is 0 Å². The Kier molecular flexibility index (Phi) is 5.14. The van der Waals surface area contributed by atoms with Gasteiger partial charge in [-0.05, 0) is 13.8 Å². The summed E-state index contributed by atoms with van der Waals surface area (Å²) in [7, 11) is 0. The van der Waals surface area contributed by atoms with E-state index in [1.807, 2.05) is 5.32 Å². The molecule has 0 unspecified atom stereocenters. The average molecular weight is 219 g/mol. The maximum absolute atomic E-state index is 11.0. The highest BCUT2D eigenvalue weighted by molar-refractivity contribution is 5.84. The predicted octanol–water partition coefficient (Wildman–Crippen LogP) is 0.0489. The van der Waals surface area contributed by atoms with Crippen molar-refractivity contribution in [2.75, 3.05) is 0 Å². The van der Waals surface area contributed by atoms with Crippen molar-refractivity contribution < 1.29 is 29.3 Å². The third kappa shape index (κ3) is 6.30. The van der Waals surface area contributed by atoms with E-state index in [4.69, 9.17) is 10.2 Å². The first kappa shape index (κ1) is 13.2. The van der Waals surface area contributed by atoms with Gasteiger partial charge in [0.1, 0.15) is 6.04 Å². The molecule has 0 aliphatic heterocycles. The lowest BCUT2D eigenvalue weighted by atomic mass is 10.2. The summed E-state index contributed by atoms with van der Waals surface area (Å²) in [5.41, 5.74) is 0. The summed E-state index contributed by atoms with van der Waals surface area (Å²) < 4.78 is 4.61. The minimum atomic E-state index is -1.48. The first-order chi connectivity index (χ1) is 6.82. The quantitative estimate of drug-likeness (QED) is 0.602. The van der Waals surface area contributed by atoms with Crippen LogP contribution in [0.5, 0.6) is 0 Å². The standard InChI is InChI=1S/C8H13NO6/c1-4(2)15-8(14)9-5(7(12)13)3-6(10)11/h4-5H,3H2,1-2H3,(H,9,14)(H,10,11)(H,12,13)/t5-/m1/s1. The number of aliphatic carboxylic acids is 2. The minimum Gasteiger partial charge on any atom is -0.481 e. The van der Waals surface area contributed by atoms with Crippen LogP contribution < -0.4 is 5.32 Å². The zero-order chi connectivity index (χ0) is 12.0. The summed E-state index contributed by atoms with van der Waals surface area (Å²) in [6.07, 6.45) is -2.04. The fourth-order valence-corrected chi connectivity index (χ4v) is 0.765. The fraction of sp³-hybridized carbons (Fsp3) is 0.625. The molecule has 0 aromatic carbocycles. The van der Waals surface area contributed by atoms with E-state index in [9.17, 15) is 14.4 Å². The Morgan fingerprint density at radius 2 is 1.80 bits per heavy atom. The lowest BCUT2D eigenvalue weighted by Crippen LogP contribution is -2.43. The summed E-state index contributed by atoms with van der Waals surface area (Å²) in [6.45, 7) is 3.18. The van der Waals surface area contributed by atoms with E-state index in [2.05, 4.69) is 4.74 Å². The molecular formula is C8H13NO6. The molecule has 0 aromatic heterocycles. The van der Waals surface area contributed by atoms with Crippen molar-refractivity contribution in [3.63, 3.8) is 0 Å². The molecule has 0 aromatic rings. The highest BCUT2D eigenvalue weighted by Gasteiger charge is 2.23. The maximum atomic E-state index is 11.0. The van der Waals surface area contributed by atoms with Crippen molar-refractivity contribution in [1.82, 2.24) is 5.32 Å². The molecule has 0 aliphatic rings. The molecule has 7 nitrogen and oxygen atoms in total. The monoisotopic (exact) mass is 219 g/mol. The Labute approximate surface area is 86.0 Å². The second-order valence-corrected chi connectivity index (χ2v) is 3.09. The van der Waals surface area contributed by atoms with Crippen LogP contribution in [0.1, 0.15) is 20.3 Å². The normalized spacial score (nSPS) is 11.9. The first-order valence-electron chi connectivity index (χ1n) is 4.24. The lowest BCUT2D eigenvalue weighted by Gasteiger charge is -2.13. The van der Waals surface area contributed by atoms with Gasteiger partial charge in [0, 0.05) is 0 Å². The summed E-state index contributed by atoms with van der Waals surface area (Å²) in [5, 5.41) is 18.9. The number of rotatable bonds is 5. The van der Waals surface area contributed by atoms with Crippen LogP contribution in [0.3, 0.4) is 0 Å². The third-order valence-corrected chi connectivity index (χ3v) is 1.31. The summed E-state index contributed by atoms with van der Waals surface area (Å²) in [5.74, 6) is -2.73. The maximum Gasteiger partial charge on any atom is 0.408 e. The number of carbonyl (C=O) groups excluding carboxylic acids is 1. The first-order valence-corrected chi connectivity index (χ1v) is 4.24. The fourth-order valence-electron chi connectivity index (χ4n) is 0.765. The molecule has 0 saturated heterocycles. The molecule has 86 valence electrons. The van der Waals surface area contributed by atoms with Crippen LogP contribution >= 0.6 is 0 Å². The van der Waals surface area contributed by atoms with Gasteiger partial charge >= 0.3 is 18.0 Å². The van der Waals surface area contributed by atoms with Crippen molar-refractivity contribution in [3.05, 3.63) is 0 Å². The van der Waals surface area contributed by atoms with E-state index in [-0.39, 0.29) is 0 Å². The molecule has 3 N–H and O–H groups in total. The van der Waals surface area contributed by atoms with E-state index in [1.165, 1.54) is 0 Å². The number of hydrogen-bond donors (Lipinski definition) is 3. The number of amides is 1. The molecule has 0 aliphatic carbocycles. The van der Waals surface area contributed by atoms with Gasteiger partial charge in [0.15, 0.2) is 0 Å². The summed E-state index contributed by atoms with van der Waals surface area (Å²) in [4.78, 5) is 31.7. The Morgan fingerprint density at radius 1 is 1.27 bits per heavy atom. The zero-order valence-electron chi connectivity index (χ0n) is 8.39. The third-order valence-electron chi connectivity index (χ3n) is 1.31. The molecule has 0 spiro atoms. The predicted molar refractivity (Wildman–Crippen MR) is 48.4 cm³/mol. The molecule has 0 rings (SSSR count). The van der Waals surface area contributed by atoms with Crippen molar-refractivity contribution in [2.24, 2.45) is 0 Å². The van der Waals surface area contributed by atoms with Gasteiger partial charge in [-0.25, -0.2) is 9.59 Å². The van der Waals surface area contributed by atoms with Crippen molar-refractivity contribution in [2.45, 2.75) is 32.4 Å². The second-order valence-electron chi connectivity index (χ2n) is 3.09. The molecule has 0 saturated carbocycles. The van der Waals surface area contributed by atoms with Crippen LogP contribution in [0, 0.1) is 0 Å². The molecule has 1 amide bonds. The largest absolute Gasteiger partial charge is 0.481 e. The van der Waals surface area contributed by atoms with Gasteiger partial charge in [-0.3, -0.25) is 4.79 Å². The Hall–Kier alpha value is -1.79.